The highest BCUT2D eigenvalue weighted by molar-refractivity contribution is 5.76. The van der Waals surface area contributed by atoms with Gasteiger partial charge >= 0.3 is 0 Å². The van der Waals surface area contributed by atoms with E-state index in [1.54, 1.807) is 19.2 Å². The molecule has 0 aromatic heterocycles. The predicted octanol–water partition coefficient (Wildman–Crippen LogP) is 4.26. The number of halogens is 1. The number of benzene rings is 2. The lowest BCUT2D eigenvalue weighted by Gasteiger charge is -2.12. The summed E-state index contributed by atoms with van der Waals surface area (Å²) in [7, 11) is 1.60. The molecular formula is C21H26FNO3. The Morgan fingerprint density at radius 2 is 1.81 bits per heavy atom. The number of amides is 1. The first-order chi connectivity index (χ1) is 12.6. The van der Waals surface area contributed by atoms with Crippen LogP contribution in [0, 0.1) is 5.82 Å². The van der Waals surface area contributed by atoms with Gasteiger partial charge < -0.3 is 14.8 Å². The van der Waals surface area contributed by atoms with E-state index in [4.69, 9.17) is 9.47 Å². The van der Waals surface area contributed by atoms with Crippen molar-refractivity contribution in [3.05, 3.63) is 59.4 Å². The number of hydrogen-bond acceptors (Lipinski definition) is 3. The molecule has 4 nitrogen and oxygen atoms in total. The highest BCUT2D eigenvalue weighted by Gasteiger charge is 2.07. The molecule has 0 fully saturated rings. The van der Waals surface area contributed by atoms with Gasteiger partial charge in [0.05, 0.1) is 13.7 Å². The molecule has 2 aromatic carbocycles. The number of nitrogens with one attached hydrogen (secondary N) is 1. The van der Waals surface area contributed by atoms with E-state index < -0.39 is 0 Å². The summed E-state index contributed by atoms with van der Waals surface area (Å²) < 4.78 is 23.9. The van der Waals surface area contributed by atoms with Gasteiger partial charge in [0, 0.05) is 13.0 Å². The molecule has 0 atom stereocenters. The van der Waals surface area contributed by atoms with E-state index in [1.807, 2.05) is 18.2 Å². The van der Waals surface area contributed by atoms with Gasteiger partial charge in [0.25, 0.3) is 0 Å². The number of hydrogen-bond donors (Lipinski definition) is 1. The molecular weight excluding hydrogens is 333 g/mol. The highest BCUT2D eigenvalue weighted by atomic mass is 19.1. The fourth-order valence-corrected chi connectivity index (χ4v) is 2.47. The van der Waals surface area contributed by atoms with Crippen molar-refractivity contribution in [3.8, 4) is 11.5 Å². The zero-order valence-corrected chi connectivity index (χ0v) is 15.4. The molecule has 0 aliphatic heterocycles. The molecule has 2 aromatic rings. The van der Waals surface area contributed by atoms with Crippen LogP contribution in [0.15, 0.2) is 42.5 Å². The summed E-state index contributed by atoms with van der Waals surface area (Å²) >= 11 is 0. The van der Waals surface area contributed by atoms with Crippen molar-refractivity contribution in [3.63, 3.8) is 0 Å². The van der Waals surface area contributed by atoms with Gasteiger partial charge in [0.15, 0.2) is 11.5 Å². The first-order valence-corrected chi connectivity index (χ1v) is 8.93. The van der Waals surface area contributed by atoms with Gasteiger partial charge in [-0.2, -0.15) is 0 Å². The third kappa shape index (κ3) is 6.39. The Bertz CT molecular complexity index is 701. The summed E-state index contributed by atoms with van der Waals surface area (Å²) in [5.74, 6) is 1.07. The van der Waals surface area contributed by atoms with Crippen LogP contribution >= 0.6 is 0 Å². The van der Waals surface area contributed by atoms with E-state index in [0.717, 1.165) is 24.0 Å². The maximum atomic E-state index is 12.9. The van der Waals surface area contributed by atoms with Gasteiger partial charge in [-0.05, 0) is 48.2 Å². The molecule has 1 N–H and O–H groups in total. The van der Waals surface area contributed by atoms with Crippen molar-refractivity contribution in [2.24, 2.45) is 0 Å². The van der Waals surface area contributed by atoms with Crippen molar-refractivity contribution in [2.75, 3.05) is 13.7 Å². The number of carbonyl (C=O) groups is 1. The third-order valence-electron chi connectivity index (χ3n) is 4.03. The smallest absolute Gasteiger partial charge is 0.220 e. The molecule has 0 radical (unpaired) electrons. The van der Waals surface area contributed by atoms with Crippen LogP contribution in [0.3, 0.4) is 0 Å². The van der Waals surface area contributed by atoms with Crippen LogP contribution in [0.25, 0.3) is 0 Å². The molecule has 5 heteroatoms. The van der Waals surface area contributed by atoms with Crippen molar-refractivity contribution in [1.82, 2.24) is 5.32 Å². The monoisotopic (exact) mass is 359 g/mol. The Hall–Kier alpha value is -2.56. The molecule has 0 bridgehead atoms. The van der Waals surface area contributed by atoms with Crippen molar-refractivity contribution < 1.29 is 18.7 Å². The quantitative estimate of drug-likeness (QED) is 0.645. The molecule has 1 amide bonds. The summed E-state index contributed by atoms with van der Waals surface area (Å²) in [5.41, 5.74) is 1.89. The second-order valence-electron chi connectivity index (χ2n) is 6.09. The van der Waals surface area contributed by atoms with Gasteiger partial charge in [0.1, 0.15) is 5.82 Å². The Morgan fingerprint density at radius 3 is 2.50 bits per heavy atom. The predicted molar refractivity (Wildman–Crippen MR) is 100.0 cm³/mol. The Labute approximate surface area is 154 Å². The van der Waals surface area contributed by atoms with Gasteiger partial charge in [-0.15, -0.1) is 0 Å². The van der Waals surface area contributed by atoms with Crippen LogP contribution in [-0.4, -0.2) is 19.6 Å². The number of ether oxygens (including phenoxy) is 2. The minimum atomic E-state index is -0.269. The van der Waals surface area contributed by atoms with Gasteiger partial charge in [-0.3, -0.25) is 4.79 Å². The zero-order valence-electron chi connectivity index (χ0n) is 15.4. The van der Waals surface area contributed by atoms with Crippen molar-refractivity contribution in [1.29, 1.82) is 0 Å². The molecule has 0 saturated carbocycles. The lowest BCUT2D eigenvalue weighted by atomic mass is 10.1. The molecule has 0 saturated heterocycles. The first-order valence-electron chi connectivity index (χ1n) is 8.93. The van der Waals surface area contributed by atoms with E-state index in [0.29, 0.717) is 37.5 Å². The van der Waals surface area contributed by atoms with Crippen LogP contribution in [0.5, 0.6) is 11.5 Å². The van der Waals surface area contributed by atoms with Gasteiger partial charge in [-0.25, -0.2) is 4.39 Å². The number of carbonyl (C=O) groups excluding carboxylic acids is 1. The fraction of sp³-hybridized carbons (Fsp3) is 0.381. The largest absolute Gasteiger partial charge is 0.493 e. The Kier molecular flexibility index (Phi) is 7.93. The fourth-order valence-electron chi connectivity index (χ4n) is 2.47. The number of methoxy groups -OCH3 is 1. The van der Waals surface area contributed by atoms with E-state index in [9.17, 15) is 9.18 Å². The van der Waals surface area contributed by atoms with Crippen molar-refractivity contribution in [2.45, 2.75) is 39.2 Å². The SMILES string of the molecule is CCCCOc1ccc(CNC(=O)CCc2ccc(F)cc2)cc1OC. The average molecular weight is 359 g/mol. The standard InChI is InChI=1S/C21H26FNO3/c1-3-4-13-26-19-11-7-17(14-20(19)25-2)15-23-21(24)12-8-16-5-9-18(22)10-6-16/h5-7,9-11,14H,3-4,8,12-13,15H2,1-2H3,(H,23,24). The molecule has 26 heavy (non-hydrogen) atoms. The van der Waals surface area contributed by atoms with Crippen molar-refractivity contribution >= 4 is 5.91 Å². The number of aryl methyl sites for hydroxylation is 1. The number of rotatable bonds is 10. The van der Waals surface area contributed by atoms with Crippen LogP contribution in [0.2, 0.25) is 0 Å². The van der Waals surface area contributed by atoms with E-state index in [2.05, 4.69) is 12.2 Å². The van der Waals surface area contributed by atoms with Gasteiger partial charge in [-0.1, -0.05) is 31.5 Å². The molecule has 0 aliphatic carbocycles. The first kappa shape index (κ1) is 19.8. The normalized spacial score (nSPS) is 10.4. The molecule has 0 unspecified atom stereocenters. The van der Waals surface area contributed by atoms with E-state index in [-0.39, 0.29) is 11.7 Å². The molecule has 2 rings (SSSR count). The average Bonchev–Trinajstić information content (AvgIpc) is 2.66. The van der Waals surface area contributed by atoms with Crippen LogP contribution < -0.4 is 14.8 Å². The van der Waals surface area contributed by atoms with Gasteiger partial charge in [0.2, 0.25) is 5.91 Å². The molecule has 0 heterocycles. The minimum Gasteiger partial charge on any atom is -0.493 e. The number of unbranched alkanes of at least 4 members (excludes halogenated alkanes) is 1. The summed E-state index contributed by atoms with van der Waals surface area (Å²) in [5, 5.41) is 2.89. The third-order valence-corrected chi connectivity index (χ3v) is 4.03. The van der Waals surface area contributed by atoms with E-state index >= 15 is 0 Å². The maximum Gasteiger partial charge on any atom is 0.220 e. The molecule has 0 spiro atoms. The van der Waals surface area contributed by atoms with Crippen LogP contribution in [0.4, 0.5) is 4.39 Å². The molecule has 140 valence electrons. The molecule has 0 aliphatic rings. The topological polar surface area (TPSA) is 47.6 Å². The van der Waals surface area contributed by atoms with Crippen LogP contribution in [0.1, 0.15) is 37.3 Å². The second-order valence-corrected chi connectivity index (χ2v) is 6.09. The summed E-state index contributed by atoms with van der Waals surface area (Å²) in [4.78, 5) is 12.0. The maximum absolute atomic E-state index is 12.9. The minimum absolute atomic E-state index is 0.0448. The lowest BCUT2D eigenvalue weighted by Crippen LogP contribution is -2.23. The summed E-state index contributed by atoms with van der Waals surface area (Å²) in [6, 6.07) is 11.9. The van der Waals surface area contributed by atoms with Crippen LogP contribution in [-0.2, 0) is 17.8 Å². The lowest BCUT2D eigenvalue weighted by molar-refractivity contribution is -0.121. The summed E-state index contributed by atoms with van der Waals surface area (Å²) in [6.45, 7) is 3.20. The Morgan fingerprint density at radius 1 is 1.08 bits per heavy atom. The second kappa shape index (κ2) is 10.4. The summed E-state index contributed by atoms with van der Waals surface area (Å²) in [6.07, 6.45) is 3.01. The Balaban J connectivity index is 1.82. The highest BCUT2D eigenvalue weighted by Crippen LogP contribution is 2.28. The zero-order chi connectivity index (χ0) is 18.8. The van der Waals surface area contributed by atoms with E-state index in [1.165, 1.54) is 12.1 Å².